The zero-order valence-electron chi connectivity index (χ0n) is 10.3. The van der Waals surface area contributed by atoms with Crippen LogP contribution in [0, 0.1) is 0 Å². The Morgan fingerprint density at radius 2 is 2.00 bits per heavy atom. The Morgan fingerprint density at radius 1 is 1.24 bits per heavy atom. The highest BCUT2D eigenvalue weighted by Crippen LogP contribution is 2.48. The van der Waals surface area contributed by atoms with E-state index in [9.17, 15) is 0 Å². The van der Waals surface area contributed by atoms with Crippen LogP contribution >= 0.6 is 0 Å². The molecule has 0 aromatic heterocycles. The standard InChI is InChI=1S/C14H19NO2/c1-2-10-11(14(15)6-7-14)4-5-12-13(10)17-9-3-8-16-12/h4-5H,2-3,6-9,15H2,1H3. The molecule has 92 valence electrons. The van der Waals surface area contributed by atoms with E-state index in [1.54, 1.807) is 0 Å². The van der Waals surface area contributed by atoms with E-state index in [1.165, 1.54) is 11.1 Å². The molecule has 0 radical (unpaired) electrons. The molecule has 0 saturated heterocycles. The molecule has 1 aliphatic heterocycles. The molecule has 3 nitrogen and oxygen atoms in total. The summed E-state index contributed by atoms with van der Waals surface area (Å²) in [4.78, 5) is 0. The summed E-state index contributed by atoms with van der Waals surface area (Å²) in [5.74, 6) is 1.81. The van der Waals surface area contributed by atoms with Crippen LogP contribution in [0.4, 0.5) is 0 Å². The lowest BCUT2D eigenvalue weighted by Gasteiger charge is -2.19. The van der Waals surface area contributed by atoms with Gasteiger partial charge in [0, 0.05) is 17.5 Å². The molecule has 1 aromatic carbocycles. The van der Waals surface area contributed by atoms with Gasteiger partial charge in [0.15, 0.2) is 11.5 Å². The highest BCUT2D eigenvalue weighted by molar-refractivity contribution is 5.54. The minimum atomic E-state index is -0.101. The Morgan fingerprint density at radius 3 is 2.71 bits per heavy atom. The minimum absolute atomic E-state index is 0.101. The van der Waals surface area contributed by atoms with Crippen LogP contribution in [0.5, 0.6) is 11.5 Å². The first-order valence-corrected chi connectivity index (χ1v) is 6.45. The molecular weight excluding hydrogens is 214 g/mol. The van der Waals surface area contributed by atoms with Crippen molar-refractivity contribution in [1.82, 2.24) is 0 Å². The lowest BCUT2D eigenvalue weighted by Crippen LogP contribution is -2.21. The van der Waals surface area contributed by atoms with Crippen LogP contribution in [-0.4, -0.2) is 13.2 Å². The Kier molecular flexibility index (Phi) is 2.51. The van der Waals surface area contributed by atoms with Crippen LogP contribution in [0.3, 0.4) is 0 Å². The van der Waals surface area contributed by atoms with Crippen LogP contribution in [0.15, 0.2) is 12.1 Å². The number of nitrogens with two attached hydrogens (primary N) is 1. The third-order valence-electron chi connectivity index (χ3n) is 3.70. The van der Waals surface area contributed by atoms with Gasteiger partial charge >= 0.3 is 0 Å². The first-order valence-electron chi connectivity index (χ1n) is 6.45. The maximum atomic E-state index is 6.32. The van der Waals surface area contributed by atoms with Crippen molar-refractivity contribution in [2.75, 3.05) is 13.2 Å². The molecule has 1 aromatic rings. The molecule has 1 heterocycles. The maximum absolute atomic E-state index is 6.32. The van der Waals surface area contributed by atoms with Gasteiger partial charge in [-0.15, -0.1) is 0 Å². The first kappa shape index (κ1) is 10.9. The van der Waals surface area contributed by atoms with E-state index in [0.29, 0.717) is 0 Å². The SMILES string of the molecule is CCc1c(C2(N)CC2)ccc2c1OCCCO2. The van der Waals surface area contributed by atoms with Gasteiger partial charge in [-0.05, 0) is 30.9 Å². The molecule has 0 bridgehead atoms. The van der Waals surface area contributed by atoms with Crippen LogP contribution < -0.4 is 15.2 Å². The summed E-state index contributed by atoms with van der Waals surface area (Å²) in [5, 5.41) is 0. The number of hydrogen-bond donors (Lipinski definition) is 1. The lowest BCUT2D eigenvalue weighted by molar-refractivity contribution is 0.296. The van der Waals surface area contributed by atoms with Gasteiger partial charge in [0.1, 0.15) is 0 Å². The van der Waals surface area contributed by atoms with Gasteiger partial charge in [-0.3, -0.25) is 0 Å². The van der Waals surface area contributed by atoms with E-state index in [0.717, 1.165) is 50.4 Å². The first-order chi connectivity index (χ1) is 8.24. The molecule has 0 atom stereocenters. The van der Waals surface area contributed by atoms with Gasteiger partial charge in [0.05, 0.1) is 13.2 Å². The normalized spacial score (nSPS) is 20.8. The van der Waals surface area contributed by atoms with E-state index < -0.39 is 0 Å². The monoisotopic (exact) mass is 233 g/mol. The highest BCUT2D eigenvalue weighted by atomic mass is 16.5. The fourth-order valence-electron chi connectivity index (χ4n) is 2.51. The smallest absolute Gasteiger partial charge is 0.164 e. The molecular formula is C14H19NO2. The second kappa shape index (κ2) is 3.91. The van der Waals surface area contributed by atoms with Crippen molar-refractivity contribution in [3.05, 3.63) is 23.3 Å². The molecule has 2 aliphatic rings. The third kappa shape index (κ3) is 1.78. The molecule has 3 heteroatoms. The molecule has 1 fully saturated rings. The number of hydrogen-bond acceptors (Lipinski definition) is 3. The molecule has 1 saturated carbocycles. The summed E-state index contributed by atoms with van der Waals surface area (Å²) < 4.78 is 11.6. The average molecular weight is 233 g/mol. The van der Waals surface area contributed by atoms with Crippen LogP contribution in [0.2, 0.25) is 0 Å². The van der Waals surface area contributed by atoms with Gasteiger partial charge in [0.2, 0.25) is 0 Å². The van der Waals surface area contributed by atoms with E-state index in [2.05, 4.69) is 13.0 Å². The van der Waals surface area contributed by atoms with Crippen molar-refractivity contribution in [2.24, 2.45) is 5.73 Å². The van der Waals surface area contributed by atoms with Gasteiger partial charge in [-0.2, -0.15) is 0 Å². The summed E-state index contributed by atoms with van der Waals surface area (Å²) in [6.45, 7) is 3.63. The number of benzene rings is 1. The number of rotatable bonds is 2. The van der Waals surface area contributed by atoms with Gasteiger partial charge in [0.25, 0.3) is 0 Å². The Labute approximate surface area is 102 Å². The fourth-order valence-corrected chi connectivity index (χ4v) is 2.51. The highest BCUT2D eigenvalue weighted by Gasteiger charge is 2.42. The molecule has 0 unspecified atom stereocenters. The predicted molar refractivity (Wildman–Crippen MR) is 66.5 cm³/mol. The van der Waals surface area contributed by atoms with E-state index >= 15 is 0 Å². The summed E-state index contributed by atoms with van der Waals surface area (Å²) in [5.41, 5.74) is 8.71. The fraction of sp³-hybridized carbons (Fsp3) is 0.571. The minimum Gasteiger partial charge on any atom is -0.490 e. The summed E-state index contributed by atoms with van der Waals surface area (Å²) >= 11 is 0. The van der Waals surface area contributed by atoms with Gasteiger partial charge < -0.3 is 15.2 Å². The average Bonchev–Trinajstić information content (AvgIpc) is 3.11. The Hall–Kier alpha value is -1.22. The Balaban J connectivity index is 2.10. The molecule has 0 spiro atoms. The van der Waals surface area contributed by atoms with Crippen molar-refractivity contribution >= 4 is 0 Å². The van der Waals surface area contributed by atoms with Crippen LogP contribution in [-0.2, 0) is 12.0 Å². The van der Waals surface area contributed by atoms with Crippen LogP contribution in [0.1, 0.15) is 37.3 Å². The zero-order chi connectivity index (χ0) is 11.9. The molecule has 3 rings (SSSR count). The van der Waals surface area contributed by atoms with Gasteiger partial charge in [-0.1, -0.05) is 13.0 Å². The van der Waals surface area contributed by atoms with Crippen molar-refractivity contribution in [3.63, 3.8) is 0 Å². The largest absolute Gasteiger partial charge is 0.490 e. The van der Waals surface area contributed by atoms with Gasteiger partial charge in [-0.25, -0.2) is 0 Å². The third-order valence-corrected chi connectivity index (χ3v) is 3.70. The van der Waals surface area contributed by atoms with E-state index in [-0.39, 0.29) is 5.54 Å². The summed E-state index contributed by atoms with van der Waals surface area (Å²) in [7, 11) is 0. The second-order valence-electron chi connectivity index (χ2n) is 4.98. The van der Waals surface area contributed by atoms with Crippen molar-refractivity contribution < 1.29 is 9.47 Å². The van der Waals surface area contributed by atoms with E-state index in [4.69, 9.17) is 15.2 Å². The van der Waals surface area contributed by atoms with Crippen molar-refractivity contribution in [3.8, 4) is 11.5 Å². The van der Waals surface area contributed by atoms with Crippen molar-refractivity contribution in [2.45, 2.75) is 38.1 Å². The Bertz CT molecular complexity index is 438. The molecule has 2 N–H and O–H groups in total. The quantitative estimate of drug-likeness (QED) is 0.852. The topological polar surface area (TPSA) is 44.5 Å². The maximum Gasteiger partial charge on any atom is 0.164 e. The summed E-state index contributed by atoms with van der Waals surface area (Å²) in [6, 6.07) is 4.14. The van der Waals surface area contributed by atoms with Crippen LogP contribution in [0.25, 0.3) is 0 Å². The molecule has 17 heavy (non-hydrogen) atoms. The molecule has 1 aliphatic carbocycles. The predicted octanol–water partition coefficient (Wildman–Crippen LogP) is 2.36. The number of ether oxygens (including phenoxy) is 2. The van der Waals surface area contributed by atoms with Crippen molar-refractivity contribution in [1.29, 1.82) is 0 Å². The lowest BCUT2D eigenvalue weighted by atomic mass is 9.96. The second-order valence-corrected chi connectivity index (χ2v) is 4.98. The molecule has 0 amide bonds. The summed E-state index contributed by atoms with van der Waals surface area (Å²) in [6.07, 6.45) is 4.06. The zero-order valence-corrected chi connectivity index (χ0v) is 10.3. The number of fused-ring (bicyclic) bond motifs is 1. The van der Waals surface area contributed by atoms with E-state index in [1.807, 2.05) is 6.07 Å².